The summed E-state index contributed by atoms with van der Waals surface area (Å²) in [6.45, 7) is 8.57. The highest BCUT2D eigenvalue weighted by molar-refractivity contribution is 6.28. The Morgan fingerprint density at radius 3 is 1.38 bits per heavy atom. The van der Waals surface area contributed by atoms with E-state index >= 15 is 0 Å². The Balaban J connectivity index is 1.56. The fourth-order valence-corrected chi connectivity index (χ4v) is 6.79. The van der Waals surface area contributed by atoms with E-state index in [-0.39, 0.29) is 0 Å². The Morgan fingerprint density at radius 1 is 0.383 bits per heavy atom. The van der Waals surface area contributed by atoms with Crippen LogP contribution in [0.15, 0.2) is 150 Å². The number of para-hydroxylation sites is 1. The van der Waals surface area contributed by atoms with Gasteiger partial charge >= 0.3 is 0 Å². The van der Waals surface area contributed by atoms with E-state index in [9.17, 15) is 0 Å². The molecule has 0 aliphatic carbocycles. The summed E-state index contributed by atoms with van der Waals surface area (Å²) in [5.41, 5.74) is 13.1. The van der Waals surface area contributed by atoms with E-state index in [1.807, 2.05) is 0 Å². The summed E-state index contributed by atoms with van der Waals surface area (Å²) in [6.07, 6.45) is 0. The van der Waals surface area contributed by atoms with Gasteiger partial charge in [-0.2, -0.15) is 0 Å². The second-order valence-corrected chi connectivity index (χ2v) is 12.6. The molecule has 0 saturated carbocycles. The SMILES string of the molecule is Cc1ccc(N(c2cccc(C)c2)c2c3ccccc3c(N(c3ccc(C)cc3)c3cccc(C)c3)c3c2oc2ccccc23)cc1. The molecule has 8 aromatic rings. The molecule has 0 radical (unpaired) electrons. The standard InChI is InChI=1S/C44H36N2O/c1-29-19-23-33(24-20-29)45(35-13-9-11-31(3)27-35)42-37-15-5-6-16-38(37)43(44-41(42)39-17-7-8-18-40(39)47-44)46(34-25-21-30(2)22-26-34)36-14-10-12-32(4)28-36/h5-28H,1-4H3. The summed E-state index contributed by atoms with van der Waals surface area (Å²) in [5.74, 6) is 0. The van der Waals surface area contributed by atoms with Crippen LogP contribution in [-0.2, 0) is 0 Å². The van der Waals surface area contributed by atoms with Gasteiger partial charge in [-0.1, -0.05) is 102 Å². The van der Waals surface area contributed by atoms with E-state index in [0.29, 0.717) is 0 Å². The molecule has 0 unspecified atom stereocenters. The van der Waals surface area contributed by atoms with Gasteiger partial charge < -0.3 is 14.2 Å². The van der Waals surface area contributed by atoms with E-state index in [2.05, 4.69) is 183 Å². The molecule has 0 N–H and O–H groups in total. The minimum Gasteiger partial charge on any atom is -0.454 e. The van der Waals surface area contributed by atoms with Crippen molar-refractivity contribution < 1.29 is 4.42 Å². The lowest BCUT2D eigenvalue weighted by Crippen LogP contribution is -2.14. The second-order valence-electron chi connectivity index (χ2n) is 12.6. The molecule has 1 aromatic heterocycles. The normalized spacial score (nSPS) is 11.4. The van der Waals surface area contributed by atoms with Gasteiger partial charge in [0.05, 0.1) is 16.8 Å². The highest BCUT2D eigenvalue weighted by Gasteiger charge is 2.29. The number of benzene rings is 7. The second kappa shape index (κ2) is 11.5. The third-order valence-corrected chi connectivity index (χ3v) is 9.04. The predicted octanol–water partition coefficient (Wildman–Crippen LogP) is 12.9. The van der Waals surface area contributed by atoms with Gasteiger partial charge in [0.1, 0.15) is 5.58 Å². The fourth-order valence-electron chi connectivity index (χ4n) is 6.79. The molecule has 0 saturated heterocycles. The summed E-state index contributed by atoms with van der Waals surface area (Å²) < 4.78 is 7.01. The molecule has 1 heterocycles. The van der Waals surface area contributed by atoms with Crippen molar-refractivity contribution in [2.45, 2.75) is 27.7 Å². The van der Waals surface area contributed by atoms with Gasteiger partial charge in [0.2, 0.25) is 0 Å². The summed E-state index contributed by atoms with van der Waals surface area (Å²) >= 11 is 0. The molecule has 47 heavy (non-hydrogen) atoms. The van der Waals surface area contributed by atoms with Crippen LogP contribution in [0.25, 0.3) is 32.7 Å². The van der Waals surface area contributed by atoms with E-state index < -0.39 is 0 Å². The average Bonchev–Trinajstić information content (AvgIpc) is 3.47. The highest BCUT2D eigenvalue weighted by Crippen LogP contribution is 2.53. The van der Waals surface area contributed by atoms with Crippen LogP contribution in [0.4, 0.5) is 34.1 Å². The van der Waals surface area contributed by atoms with Crippen molar-refractivity contribution in [2.75, 3.05) is 9.80 Å². The Kier molecular flexibility index (Phi) is 7.03. The molecule has 0 bridgehead atoms. The molecule has 0 aliphatic heterocycles. The van der Waals surface area contributed by atoms with Crippen molar-refractivity contribution in [1.82, 2.24) is 0 Å². The quantitative estimate of drug-likeness (QED) is 0.175. The molecule has 0 atom stereocenters. The van der Waals surface area contributed by atoms with E-state index in [4.69, 9.17) is 4.42 Å². The number of aryl methyl sites for hydroxylation is 4. The third-order valence-electron chi connectivity index (χ3n) is 9.04. The first kappa shape index (κ1) is 28.7. The van der Waals surface area contributed by atoms with Gasteiger partial charge in [-0.3, -0.25) is 0 Å². The van der Waals surface area contributed by atoms with Crippen molar-refractivity contribution in [2.24, 2.45) is 0 Å². The largest absolute Gasteiger partial charge is 0.454 e. The number of hydrogen-bond donors (Lipinski definition) is 0. The van der Waals surface area contributed by atoms with Gasteiger partial charge in [0.15, 0.2) is 5.58 Å². The van der Waals surface area contributed by atoms with Gasteiger partial charge in [-0.05, 0) is 93.4 Å². The Labute approximate surface area is 275 Å². The van der Waals surface area contributed by atoms with Crippen LogP contribution < -0.4 is 9.80 Å². The van der Waals surface area contributed by atoms with Crippen molar-refractivity contribution in [3.05, 3.63) is 168 Å². The first-order valence-corrected chi connectivity index (χ1v) is 16.2. The molecule has 7 aromatic carbocycles. The van der Waals surface area contributed by atoms with E-state index in [1.54, 1.807) is 0 Å². The number of fused-ring (bicyclic) bond motifs is 4. The third kappa shape index (κ3) is 5.01. The lowest BCUT2D eigenvalue weighted by Gasteiger charge is -2.31. The monoisotopic (exact) mass is 608 g/mol. The van der Waals surface area contributed by atoms with Crippen LogP contribution in [0.1, 0.15) is 22.3 Å². The van der Waals surface area contributed by atoms with E-state index in [0.717, 1.165) is 66.8 Å². The maximum Gasteiger partial charge on any atom is 0.162 e. The maximum atomic E-state index is 7.01. The zero-order valence-corrected chi connectivity index (χ0v) is 27.2. The predicted molar refractivity (Wildman–Crippen MR) is 200 cm³/mol. The lowest BCUT2D eigenvalue weighted by atomic mass is 9.97. The first-order chi connectivity index (χ1) is 23.0. The number of hydrogen-bond acceptors (Lipinski definition) is 3. The number of nitrogens with zero attached hydrogens (tertiary/aromatic N) is 2. The van der Waals surface area contributed by atoms with Crippen molar-refractivity contribution in [1.29, 1.82) is 0 Å². The molecule has 8 rings (SSSR count). The Hall–Kier alpha value is -5.80. The van der Waals surface area contributed by atoms with Crippen LogP contribution in [0.5, 0.6) is 0 Å². The minimum absolute atomic E-state index is 0.853. The number of anilines is 6. The zero-order chi connectivity index (χ0) is 32.1. The Morgan fingerprint density at radius 2 is 0.851 bits per heavy atom. The molecule has 0 aliphatic rings. The van der Waals surface area contributed by atoms with Crippen LogP contribution in [0.2, 0.25) is 0 Å². The molecule has 3 nitrogen and oxygen atoms in total. The fraction of sp³-hybridized carbons (Fsp3) is 0.0909. The first-order valence-electron chi connectivity index (χ1n) is 16.2. The molecule has 0 spiro atoms. The van der Waals surface area contributed by atoms with Crippen LogP contribution in [0, 0.1) is 27.7 Å². The minimum atomic E-state index is 0.853. The molecule has 3 heteroatoms. The van der Waals surface area contributed by atoms with Crippen molar-refractivity contribution in [3.63, 3.8) is 0 Å². The topological polar surface area (TPSA) is 19.6 Å². The summed E-state index contributed by atoms with van der Waals surface area (Å²) in [5, 5.41) is 4.43. The van der Waals surface area contributed by atoms with Crippen LogP contribution >= 0.6 is 0 Å². The average molecular weight is 609 g/mol. The van der Waals surface area contributed by atoms with Gasteiger partial charge in [-0.25, -0.2) is 0 Å². The smallest absolute Gasteiger partial charge is 0.162 e. The summed E-state index contributed by atoms with van der Waals surface area (Å²) in [7, 11) is 0. The Bertz CT molecular complexity index is 2400. The molecule has 228 valence electrons. The van der Waals surface area contributed by atoms with Gasteiger partial charge in [0, 0.05) is 38.9 Å². The maximum absolute atomic E-state index is 7.01. The van der Waals surface area contributed by atoms with Gasteiger partial charge in [-0.15, -0.1) is 0 Å². The zero-order valence-electron chi connectivity index (χ0n) is 27.2. The molecular weight excluding hydrogens is 572 g/mol. The molecule has 0 fully saturated rings. The highest BCUT2D eigenvalue weighted by atomic mass is 16.3. The number of furan rings is 1. The van der Waals surface area contributed by atoms with Crippen LogP contribution in [-0.4, -0.2) is 0 Å². The molecular formula is C44H36N2O. The van der Waals surface area contributed by atoms with Crippen molar-refractivity contribution in [3.8, 4) is 0 Å². The molecule has 0 amide bonds. The van der Waals surface area contributed by atoms with Crippen molar-refractivity contribution >= 4 is 66.8 Å². The number of rotatable bonds is 6. The van der Waals surface area contributed by atoms with E-state index in [1.165, 1.54) is 22.3 Å². The lowest BCUT2D eigenvalue weighted by molar-refractivity contribution is 0.669. The summed E-state index contributed by atoms with van der Waals surface area (Å²) in [6, 6.07) is 52.3. The summed E-state index contributed by atoms with van der Waals surface area (Å²) in [4.78, 5) is 4.78. The van der Waals surface area contributed by atoms with Gasteiger partial charge in [0.25, 0.3) is 0 Å². The van der Waals surface area contributed by atoms with Crippen LogP contribution in [0.3, 0.4) is 0 Å².